The van der Waals surface area contributed by atoms with Crippen molar-refractivity contribution in [3.05, 3.63) is 35.9 Å². The lowest BCUT2D eigenvalue weighted by Crippen LogP contribution is -2.34. The fraction of sp³-hybridized carbons (Fsp3) is 0.500. The van der Waals surface area contributed by atoms with E-state index in [-0.39, 0.29) is 12.6 Å². The van der Waals surface area contributed by atoms with Crippen molar-refractivity contribution in [2.75, 3.05) is 27.2 Å². The Morgan fingerprint density at radius 2 is 1.81 bits per heavy atom. The van der Waals surface area contributed by atoms with Crippen LogP contribution in [0.15, 0.2) is 30.3 Å². The van der Waals surface area contributed by atoms with Crippen LogP contribution in [0.25, 0.3) is 0 Å². The summed E-state index contributed by atoms with van der Waals surface area (Å²) in [7, 11) is 3.55. The highest BCUT2D eigenvalue weighted by molar-refractivity contribution is 5.19. The number of alkyl halides is 2. The Balaban J connectivity index is 2.56. The summed E-state index contributed by atoms with van der Waals surface area (Å²) in [5.41, 5.74) is 1.12. The SMILES string of the molecule is CNC(CN(C)CC(F)F)c1ccccc1. The maximum absolute atomic E-state index is 12.2. The second-order valence-electron chi connectivity index (χ2n) is 3.86. The Labute approximate surface area is 95.3 Å². The molecule has 1 unspecified atom stereocenters. The van der Waals surface area contributed by atoms with E-state index in [4.69, 9.17) is 0 Å². The molecule has 0 fully saturated rings. The summed E-state index contributed by atoms with van der Waals surface area (Å²) in [6.45, 7) is 0.385. The third-order valence-corrected chi connectivity index (χ3v) is 2.49. The predicted molar refractivity (Wildman–Crippen MR) is 61.7 cm³/mol. The van der Waals surface area contributed by atoms with Gasteiger partial charge in [-0.05, 0) is 19.7 Å². The van der Waals surface area contributed by atoms with Gasteiger partial charge in [-0.15, -0.1) is 0 Å². The van der Waals surface area contributed by atoms with E-state index in [2.05, 4.69) is 5.32 Å². The van der Waals surface area contributed by atoms with Crippen molar-refractivity contribution in [1.29, 1.82) is 0 Å². The van der Waals surface area contributed by atoms with Gasteiger partial charge in [0.15, 0.2) is 0 Å². The Kier molecular flexibility index (Phi) is 5.35. The van der Waals surface area contributed by atoms with Gasteiger partial charge < -0.3 is 5.32 Å². The van der Waals surface area contributed by atoms with E-state index in [0.29, 0.717) is 6.54 Å². The van der Waals surface area contributed by atoms with Crippen LogP contribution < -0.4 is 5.32 Å². The van der Waals surface area contributed by atoms with Crippen molar-refractivity contribution in [2.24, 2.45) is 0 Å². The molecule has 0 heterocycles. The van der Waals surface area contributed by atoms with Gasteiger partial charge in [0.25, 0.3) is 6.43 Å². The average molecular weight is 228 g/mol. The van der Waals surface area contributed by atoms with Gasteiger partial charge in [0.2, 0.25) is 0 Å². The van der Waals surface area contributed by atoms with Crippen LogP contribution in [-0.4, -0.2) is 38.5 Å². The van der Waals surface area contributed by atoms with Gasteiger partial charge >= 0.3 is 0 Å². The first-order valence-corrected chi connectivity index (χ1v) is 5.32. The minimum atomic E-state index is -2.28. The summed E-state index contributed by atoms with van der Waals surface area (Å²) < 4.78 is 24.4. The molecule has 1 N–H and O–H groups in total. The monoisotopic (exact) mass is 228 g/mol. The van der Waals surface area contributed by atoms with E-state index in [1.54, 1.807) is 11.9 Å². The number of halogens is 2. The Morgan fingerprint density at radius 3 is 2.31 bits per heavy atom. The molecule has 1 aromatic rings. The second-order valence-corrected chi connectivity index (χ2v) is 3.86. The molecule has 0 aliphatic rings. The number of hydrogen-bond acceptors (Lipinski definition) is 2. The zero-order chi connectivity index (χ0) is 12.0. The Hall–Kier alpha value is -1.00. The zero-order valence-electron chi connectivity index (χ0n) is 9.66. The van der Waals surface area contributed by atoms with Crippen LogP contribution in [0.4, 0.5) is 8.78 Å². The predicted octanol–water partition coefficient (Wildman–Crippen LogP) is 2.14. The lowest BCUT2D eigenvalue weighted by atomic mass is 10.1. The van der Waals surface area contributed by atoms with E-state index >= 15 is 0 Å². The molecule has 0 saturated heterocycles. The average Bonchev–Trinajstić information content (AvgIpc) is 2.26. The van der Waals surface area contributed by atoms with Crippen molar-refractivity contribution < 1.29 is 8.78 Å². The van der Waals surface area contributed by atoms with Crippen LogP contribution in [-0.2, 0) is 0 Å². The molecule has 0 aromatic heterocycles. The summed E-state index contributed by atoms with van der Waals surface area (Å²) >= 11 is 0. The van der Waals surface area contributed by atoms with Gasteiger partial charge in [-0.3, -0.25) is 4.90 Å². The molecule has 0 aliphatic carbocycles. The molecule has 0 amide bonds. The van der Waals surface area contributed by atoms with Crippen molar-refractivity contribution in [3.8, 4) is 0 Å². The lowest BCUT2D eigenvalue weighted by Gasteiger charge is -2.23. The molecule has 0 radical (unpaired) electrons. The fourth-order valence-electron chi connectivity index (χ4n) is 1.67. The summed E-state index contributed by atoms with van der Waals surface area (Å²) in [4.78, 5) is 1.64. The van der Waals surface area contributed by atoms with Crippen LogP contribution in [0, 0.1) is 0 Å². The third kappa shape index (κ3) is 4.24. The van der Waals surface area contributed by atoms with Gasteiger partial charge in [0, 0.05) is 12.6 Å². The van der Waals surface area contributed by atoms with Gasteiger partial charge in [-0.2, -0.15) is 0 Å². The highest BCUT2D eigenvalue weighted by Gasteiger charge is 2.14. The molecule has 1 aromatic carbocycles. The van der Waals surface area contributed by atoms with E-state index in [1.165, 1.54) is 0 Å². The molecular formula is C12H18F2N2. The van der Waals surface area contributed by atoms with E-state index < -0.39 is 6.43 Å². The maximum Gasteiger partial charge on any atom is 0.251 e. The van der Waals surface area contributed by atoms with Crippen molar-refractivity contribution in [3.63, 3.8) is 0 Å². The van der Waals surface area contributed by atoms with Crippen LogP contribution in [0.2, 0.25) is 0 Å². The Bertz CT molecular complexity index is 290. The molecule has 2 nitrogen and oxygen atoms in total. The van der Waals surface area contributed by atoms with Crippen molar-refractivity contribution in [1.82, 2.24) is 10.2 Å². The summed E-state index contributed by atoms with van der Waals surface area (Å²) in [5.74, 6) is 0. The lowest BCUT2D eigenvalue weighted by molar-refractivity contribution is 0.0963. The van der Waals surface area contributed by atoms with Crippen LogP contribution in [0.3, 0.4) is 0 Å². The third-order valence-electron chi connectivity index (χ3n) is 2.49. The quantitative estimate of drug-likeness (QED) is 0.802. The normalized spacial score (nSPS) is 13.4. The standard InChI is InChI=1S/C12H18F2N2/c1-15-11(8-16(2)9-12(13)14)10-6-4-3-5-7-10/h3-7,11-12,15H,8-9H2,1-2H3. The maximum atomic E-state index is 12.2. The first-order valence-electron chi connectivity index (χ1n) is 5.32. The number of hydrogen-bond donors (Lipinski definition) is 1. The van der Waals surface area contributed by atoms with Crippen molar-refractivity contribution in [2.45, 2.75) is 12.5 Å². The molecule has 0 aliphatic heterocycles. The molecule has 0 saturated carbocycles. The van der Waals surface area contributed by atoms with Crippen LogP contribution in [0.5, 0.6) is 0 Å². The number of likely N-dealkylation sites (N-methyl/N-ethyl adjacent to an activating group) is 2. The first-order chi connectivity index (χ1) is 7.63. The van der Waals surface area contributed by atoms with Crippen LogP contribution in [0.1, 0.15) is 11.6 Å². The molecule has 90 valence electrons. The molecule has 0 spiro atoms. The molecule has 1 rings (SSSR count). The smallest absolute Gasteiger partial charge is 0.251 e. The number of nitrogens with zero attached hydrogens (tertiary/aromatic N) is 1. The molecular weight excluding hydrogens is 210 g/mol. The first kappa shape index (κ1) is 13.1. The van der Waals surface area contributed by atoms with Gasteiger partial charge in [0.1, 0.15) is 0 Å². The largest absolute Gasteiger partial charge is 0.312 e. The number of rotatable bonds is 6. The van der Waals surface area contributed by atoms with E-state index in [9.17, 15) is 8.78 Å². The number of benzene rings is 1. The van der Waals surface area contributed by atoms with Crippen LogP contribution >= 0.6 is 0 Å². The van der Waals surface area contributed by atoms with Gasteiger partial charge in [0.05, 0.1) is 6.54 Å². The van der Waals surface area contributed by atoms with E-state index in [0.717, 1.165) is 5.56 Å². The zero-order valence-corrected chi connectivity index (χ0v) is 9.66. The second kappa shape index (κ2) is 6.55. The molecule has 1 atom stereocenters. The highest BCUT2D eigenvalue weighted by atomic mass is 19.3. The van der Waals surface area contributed by atoms with Crippen molar-refractivity contribution >= 4 is 0 Å². The van der Waals surface area contributed by atoms with Gasteiger partial charge in [-0.1, -0.05) is 30.3 Å². The summed E-state index contributed by atoms with van der Waals surface area (Å²) in [6, 6.07) is 9.93. The minimum absolute atomic E-state index is 0.0879. The van der Waals surface area contributed by atoms with E-state index in [1.807, 2.05) is 37.4 Å². The minimum Gasteiger partial charge on any atom is -0.312 e. The Morgan fingerprint density at radius 1 is 1.19 bits per heavy atom. The van der Waals surface area contributed by atoms with Gasteiger partial charge in [-0.25, -0.2) is 8.78 Å². The highest BCUT2D eigenvalue weighted by Crippen LogP contribution is 2.13. The molecule has 16 heavy (non-hydrogen) atoms. The summed E-state index contributed by atoms with van der Waals surface area (Å²) in [5, 5.41) is 3.14. The topological polar surface area (TPSA) is 15.3 Å². The molecule has 0 bridgehead atoms. The summed E-state index contributed by atoms with van der Waals surface area (Å²) in [6.07, 6.45) is -2.28. The number of nitrogens with one attached hydrogen (secondary N) is 1. The molecule has 4 heteroatoms. The fourth-order valence-corrected chi connectivity index (χ4v) is 1.67.